The van der Waals surface area contributed by atoms with Crippen LogP contribution in [-0.2, 0) is 17.9 Å². The number of carbonyl (C=O) groups excluding carboxylic acids is 1. The zero-order valence-electron chi connectivity index (χ0n) is 24.8. The average molecular weight is 583 g/mol. The van der Waals surface area contributed by atoms with Gasteiger partial charge in [0.15, 0.2) is 5.75 Å². The molecule has 0 saturated carbocycles. The van der Waals surface area contributed by atoms with Crippen LogP contribution in [0.15, 0.2) is 77.3 Å². The average Bonchev–Trinajstić information content (AvgIpc) is 2.91. The number of aliphatic imine (C=N–C) groups is 1. The van der Waals surface area contributed by atoms with Crippen LogP contribution in [0, 0.1) is 6.92 Å². The molecule has 1 amide bonds. The Morgan fingerprint density at radius 1 is 1.02 bits per heavy atom. The minimum absolute atomic E-state index is 0.0634. The van der Waals surface area contributed by atoms with Gasteiger partial charge in [0.2, 0.25) is 0 Å². The number of allylic oxidation sites excluding steroid dienone is 2. The highest BCUT2D eigenvalue weighted by Crippen LogP contribution is 2.42. The summed E-state index contributed by atoms with van der Waals surface area (Å²) in [6, 6.07) is 17.1. The highest BCUT2D eigenvalue weighted by Gasteiger charge is 2.31. The van der Waals surface area contributed by atoms with Gasteiger partial charge in [0.25, 0.3) is 0 Å². The van der Waals surface area contributed by atoms with Crippen molar-refractivity contribution in [1.29, 1.82) is 0 Å². The molecule has 0 aliphatic heterocycles. The molecule has 0 atom stereocenters. The molecule has 0 fully saturated rings. The van der Waals surface area contributed by atoms with E-state index >= 15 is 0 Å². The van der Waals surface area contributed by atoms with Gasteiger partial charge in [-0.15, -0.1) is 13.2 Å². The summed E-state index contributed by atoms with van der Waals surface area (Å²) in [6.07, 6.45) is -0.916. The topological polar surface area (TPSA) is 69.2 Å². The molecule has 0 aromatic heterocycles. The van der Waals surface area contributed by atoms with Gasteiger partial charge in [0.1, 0.15) is 23.6 Å². The molecule has 0 spiro atoms. The van der Waals surface area contributed by atoms with E-state index < -0.39 is 18.1 Å². The van der Waals surface area contributed by atoms with Gasteiger partial charge in [-0.2, -0.15) is 0 Å². The fourth-order valence-corrected chi connectivity index (χ4v) is 3.95. The van der Waals surface area contributed by atoms with Gasteiger partial charge in [-0.3, -0.25) is 4.99 Å². The second kappa shape index (κ2) is 14.1. The molecule has 3 rings (SSSR count). The normalized spacial score (nSPS) is 12.4. The van der Waals surface area contributed by atoms with Crippen molar-refractivity contribution in [2.75, 3.05) is 0 Å². The molecular weight excluding hydrogens is 545 g/mol. The lowest BCUT2D eigenvalue weighted by Gasteiger charge is -2.22. The smallest absolute Gasteiger partial charge is 0.486 e. The molecule has 0 heterocycles. The quantitative estimate of drug-likeness (QED) is 0.242. The van der Waals surface area contributed by atoms with Gasteiger partial charge in [0, 0.05) is 18.3 Å². The number of carbonyl (C=O) groups is 1. The number of hydrogen-bond donors (Lipinski definition) is 1. The first-order valence-electron chi connectivity index (χ1n) is 13.6. The molecule has 0 unspecified atom stereocenters. The van der Waals surface area contributed by atoms with Crippen molar-refractivity contribution in [2.45, 2.75) is 73.1 Å². The second-order valence-corrected chi connectivity index (χ2v) is 10.7. The third-order valence-corrected chi connectivity index (χ3v) is 6.15. The molecule has 3 aromatic carbocycles. The maximum Gasteiger partial charge on any atom is 0.573 e. The van der Waals surface area contributed by atoms with Gasteiger partial charge in [-0.05, 0) is 87.6 Å². The Hall–Kier alpha value is -4.27. The zero-order chi connectivity index (χ0) is 30.9. The lowest BCUT2D eigenvalue weighted by Crippen LogP contribution is -2.32. The molecule has 3 aromatic rings. The third kappa shape index (κ3) is 9.98. The Morgan fingerprint density at radius 3 is 2.29 bits per heavy atom. The first kappa shape index (κ1) is 32.2. The summed E-state index contributed by atoms with van der Waals surface area (Å²) in [7, 11) is 0. The molecule has 0 aliphatic carbocycles. The number of alkyl carbamates (subject to hydrolysis) is 1. The van der Waals surface area contributed by atoms with E-state index in [0.29, 0.717) is 28.1 Å². The predicted octanol–water partition coefficient (Wildman–Crippen LogP) is 9.22. The molecule has 0 aliphatic rings. The van der Waals surface area contributed by atoms with Crippen LogP contribution in [0.3, 0.4) is 0 Å². The summed E-state index contributed by atoms with van der Waals surface area (Å²) in [4.78, 5) is 17.3. The Bertz CT molecular complexity index is 1410. The summed E-state index contributed by atoms with van der Waals surface area (Å²) in [5.41, 5.74) is 4.67. The van der Waals surface area contributed by atoms with E-state index in [1.807, 2.05) is 63.2 Å². The van der Waals surface area contributed by atoms with Crippen molar-refractivity contribution in [1.82, 2.24) is 5.32 Å². The molecular formula is C33H37F3N2O4. The number of nitrogens with zero attached hydrogens (tertiary/aromatic N) is 1. The summed E-state index contributed by atoms with van der Waals surface area (Å²) >= 11 is 0. The first-order chi connectivity index (χ1) is 19.8. The van der Waals surface area contributed by atoms with Crippen LogP contribution >= 0.6 is 0 Å². The van der Waals surface area contributed by atoms with Crippen LogP contribution in [0.1, 0.15) is 57.7 Å². The Labute approximate surface area is 245 Å². The van der Waals surface area contributed by atoms with Crippen molar-refractivity contribution >= 4 is 18.0 Å². The monoisotopic (exact) mass is 582 g/mol. The summed E-state index contributed by atoms with van der Waals surface area (Å²) in [5, 5.41) is 2.79. The molecule has 42 heavy (non-hydrogen) atoms. The van der Waals surface area contributed by atoms with Gasteiger partial charge in [0.05, 0.1) is 0 Å². The van der Waals surface area contributed by atoms with E-state index in [2.05, 4.69) is 10.1 Å². The van der Waals surface area contributed by atoms with Gasteiger partial charge in [-0.25, -0.2) is 4.79 Å². The largest absolute Gasteiger partial charge is 0.573 e. The predicted molar refractivity (Wildman–Crippen MR) is 159 cm³/mol. The Balaban J connectivity index is 2.13. The van der Waals surface area contributed by atoms with Crippen molar-refractivity contribution in [3.8, 4) is 22.6 Å². The lowest BCUT2D eigenvalue weighted by molar-refractivity contribution is -0.274. The van der Waals surface area contributed by atoms with Crippen molar-refractivity contribution < 1.29 is 32.2 Å². The number of ether oxygens (including phenoxy) is 3. The number of amides is 1. The third-order valence-electron chi connectivity index (χ3n) is 6.15. The number of nitrogens with one attached hydrogen (secondary N) is 1. The maximum absolute atomic E-state index is 12.7. The van der Waals surface area contributed by atoms with E-state index in [1.54, 1.807) is 39.1 Å². The Morgan fingerprint density at radius 2 is 1.69 bits per heavy atom. The van der Waals surface area contributed by atoms with E-state index in [4.69, 9.17) is 14.5 Å². The van der Waals surface area contributed by atoms with Crippen LogP contribution < -0.4 is 14.8 Å². The maximum atomic E-state index is 12.7. The van der Waals surface area contributed by atoms with Crippen molar-refractivity contribution in [2.24, 2.45) is 4.99 Å². The van der Waals surface area contributed by atoms with Crippen molar-refractivity contribution in [3.63, 3.8) is 0 Å². The minimum atomic E-state index is -4.79. The van der Waals surface area contributed by atoms with Crippen LogP contribution in [0.25, 0.3) is 11.1 Å². The zero-order valence-corrected chi connectivity index (χ0v) is 24.8. The number of benzene rings is 3. The van der Waals surface area contributed by atoms with E-state index in [9.17, 15) is 18.0 Å². The summed E-state index contributed by atoms with van der Waals surface area (Å²) < 4.78 is 54.0. The SMILES string of the molecule is CC/C(C)=C/C=N\c1c(C)c(-c2ccc(OC(F)(F)F)cc2)cc(CNC(=O)OC(C)(C)C)c1OCc1ccccc1. The molecule has 224 valence electrons. The van der Waals surface area contributed by atoms with Crippen LogP contribution in [0.5, 0.6) is 11.5 Å². The number of halogens is 3. The summed E-state index contributed by atoms with van der Waals surface area (Å²) in [6.45, 7) is 11.6. The van der Waals surface area contributed by atoms with Gasteiger partial charge >= 0.3 is 12.5 Å². The van der Waals surface area contributed by atoms with E-state index in [0.717, 1.165) is 23.1 Å². The second-order valence-electron chi connectivity index (χ2n) is 10.7. The van der Waals surface area contributed by atoms with E-state index in [-0.39, 0.29) is 18.9 Å². The highest BCUT2D eigenvalue weighted by molar-refractivity contribution is 5.83. The first-order valence-corrected chi connectivity index (χ1v) is 13.6. The molecule has 0 radical (unpaired) electrons. The summed E-state index contributed by atoms with van der Waals surface area (Å²) in [5.74, 6) is 0.156. The van der Waals surface area contributed by atoms with Gasteiger partial charge in [-0.1, -0.05) is 55.0 Å². The molecule has 1 N–H and O–H groups in total. The lowest BCUT2D eigenvalue weighted by atomic mass is 9.95. The Kier molecular flexibility index (Phi) is 10.8. The molecule has 9 heteroatoms. The highest BCUT2D eigenvalue weighted by atomic mass is 19.4. The number of alkyl halides is 3. The van der Waals surface area contributed by atoms with E-state index in [1.165, 1.54) is 12.1 Å². The molecule has 6 nitrogen and oxygen atoms in total. The van der Waals surface area contributed by atoms with Crippen LogP contribution in [0.2, 0.25) is 0 Å². The molecule has 0 bridgehead atoms. The van der Waals surface area contributed by atoms with Crippen LogP contribution in [-0.4, -0.2) is 24.3 Å². The van der Waals surface area contributed by atoms with Gasteiger partial charge < -0.3 is 19.5 Å². The number of rotatable bonds is 10. The van der Waals surface area contributed by atoms with Crippen molar-refractivity contribution in [3.05, 3.63) is 89.0 Å². The molecule has 0 saturated heterocycles. The fourth-order valence-electron chi connectivity index (χ4n) is 3.95. The minimum Gasteiger partial charge on any atom is -0.486 e. The van der Waals surface area contributed by atoms with Crippen LogP contribution in [0.4, 0.5) is 23.7 Å². The fraction of sp³-hybridized carbons (Fsp3) is 0.333. The standard InChI is InChI=1S/C33H37F3N2O4/c1-7-22(2)17-18-37-29-23(3)28(25-13-15-27(16-14-25)41-33(34,35)36)19-26(20-38-31(39)42-32(4,5)6)30(29)40-21-24-11-9-8-10-12-24/h8-19H,7,20-21H2,1-6H3,(H,38,39)/b22-17+,37-18-. The number of hydrogen-bond acceptors (Lipinski definition) is 5.